The Morgan fingerprint density at radius 3 is 2.70 bits per heavy atom. The molecule has 3 rings (SSSR count). The van der Waals surface area contributed by atoms with E-state index in [1.807, 2.05) is 60.7 Å². The molecule has 0 aliphatic heterocycles. The molecular formula is C20H17ClN2. The van der Waals surface area contributed by atoms with E-state index in [0.29, 0.717) is 6.54 Å². The summed E-state index contributed by atoms with van der Waals surface area (Å²) in [6.07, 6.45) is 3.88. The maximum atomic E-state index is 6.14. The SMILES string of the molecule is C=C(/C=C/c1ccc2ccccc2n1)NCc1ccccc1Cl. The van der Waals surface area contributed by atoms with Crippen LogP contribution < -0.4 is 5.32 Å². The summed E-state index contributed by atoms with van der Waals surface area (Å²) in [5.74, 6) is 0. The average Bonchev–Trinajstić information content (AvgIpc) is 2.59. The number of halogens is 1. The highest BCUT2D eigenvalue weighted by Gasteiger charge is 1.98. The molecule has 0 aliphatic carbocycles. The number of hydrogen-bond donors (Lipinski definition) is 1. The van der Waals surface area contributed by atoms with E-state index in [0.717, 1.165) is 32.9 Å². The number of benzene rings is 2. The smallest absolute Gasteiger partial charge is 0.0709 e. The molecule has 0 radical (unpaired) electrons. The van der Waals surface area contributed by atoms with Crippen molar-refractivity contribution in [2.75, 3.05) is 0 Å². The largest absolute Gasteiger partial charge is 0.381 e. The summed E-state index contributed by atoms with van der Waals surface area (Å²) in [5.41, 5.74) is 3.76. The van der Waals surface area contributed by atoms with E-state index in [-0.39, 0.29) is 0 Å². The molecule has 0 unspecified atom stereocenters. The van der Waals surface area contributed by atoms with Crippen molar-refractivity contribution in [3.8, 4) is 0 Å². The van der Waals surface area contributed by atoms with Gasteiger partial charge in [0.15, 0.2) is 0 Å². The molecule has 0 aliphatic rings. The summed E-state index contributed by atoms with van der Waals surface area (Å²) in [4.78, 5) is 4.60. The topological polar surface area (TPSA) is 24.9 Å². The van der Waals surface area contributed by atoms with Gasteiger partial charge < -0.3 is 5.32 Å². The maximum absolute atomic E-state index is 6.14. The number of hydrogen-bond acceptors (Lipinski definition) is 2. The fourth-order valence-electron chi connectivity index (χ4n) is 2.27. The number of nitrogens with zero attached hydrogens (tertiary/aromatic N) is 1. The molecule has 0 fully saturated rings. The van der Waals surface area contributed by atoms with Crippen molar-refractivity contribution in [1.29, 1.82) is 0 Å². The Labute approximate surface area is 141 Å². The first kappa shape index (κ1) is 15.3. The summed E-state index contributed by atoms with van der Waals surface area (Å²) in [6.45, 7) is 4.65. The van der Waals surface area contributed by atoms with Crippen LogP contribution in [-0.4, -0.2) is 4.98 Å². The van der Waals surface area contributed by atoms with Gasteiger partial charge in [0.1, 0.15) is 0 Å². The van der Waals surface area contributed by atoms with Crippen molar-refractivity contribution in [3.05, 3.63) is 95.3 Å². The van der Waals surface area contributed by atoms with Crippen molar-refractivity contribution in [3.63, 3.8) is 0 Å². The Morgan fingerprint density at radius 1 is 1.04 bits per heavy atom. The lowest BCUT2D eigenvalue weighted by Crippen LogP contribution is -2.10. The molecule has 3 aromatic rings. The lowest BCUT2D eigenvalue weighted by Gasteiger charge is -2.07. The predicted molar refractivity (Wildman–Crippen MR) is 98.2 cm³/mol. The van der Waals surface area contributed by atoms with Gasteiger partial charge in [-0.2, -0.15) is 0 Å². The van der Waals surface area contributed by atoms with Crippen LogP contribution in [0.1, 0.15) is 11.3 Å². The van der Waals surface area contributed by atoms with Crippen LogP contribution in [0.2, 0.25) is 5.02 Å². The van der Waals surface area contributed by atoms with Crippen molar-refractivity contribution in [1.82, 2.24) is 10.3 Å². The Bertz CT molecular complexity index is 868. The van der Waals surface area contributed by atoms with Crippen LogP contribution in [0.15, 0.2) is 79.0 Å². The molecule has 0 atom stereocenters. The first-order chi connectivity index (χ1) is 11.2. The standard InChI is InChI=1S/C20H17ClN2/c1-15(22-14-17-7-2-4-8-19(17)21)10-12-18-13-11-16-6-3-5-9-20(16)23-18/h2-13,22H,1,14H2/b12-10+. The zero-order valence-corrected chi connectivity index (χ0v) is 13.4. The highest BCUT2D eigenvalue weighted by atomic mass is 35.5. The number of aromatic nitrogens is 1. The Balaban J connectivity index is 1.64. The minimum Gasteiger partial charge on any atom is -0.381 e. The van der Waals surface area contributed by atoms with Crippen LogP contribution in [0.25, 0.3) is 17.0 Å². The van der Waals surface area contributed by atoms with Crippen molar-refractivity contribution in [2.45, 2.75) is 6.54 Å². The van der Waals surface area contributed by atoms with E-state index in [4.69, 9.17) is 11.6 Å². The lowest BCUT2D eigenvalue weighted by molar-refractivity contribution is 0.838. The molecule has 1 N–H and O–H groups in total. The van der Waals surface area contributed by atoms with Crippen LogP contribution in [-0.2, 0) is 6.54 Å². The van der Waals surface area contributed by atoms with Gasteiger partial charge in [-0.3, -0.25) is 0 Å². The first-order valence-corrected chi connectivity index (χ1v) is 7.80. The zero-order valence-electron chi connectivity index (χ0n) is 12.7. The minimum absolute atomic E-state index is 0.647. The number of allylic oxidation sites excluding steroid dienone is 1. The highest BCUT2D eigenvalue weighted by molar-refractivity contribution is 6.31. The molecule has 2 nitrogen and oxygen atoms in total. The molecule has 1 aromatic heterocycles. The number of fused-ring (bicyclic) bond motifs is 1. The van der Waals surface area contributed by atoms with E-state index in [2.05, 4.69) is 29.0 Å². The fraction of sp³-hybridized carbons (Fsp3) is 0.0500. The van der Waals surface area contributed by atoms with Gasteiger partial charge in [0.05, 0.1) is 11.2 Å². The Kier molecular flexibility index (Phi) is 4.74. The monoisotopic (exact) mass is 320 g/mol. The number of para-hydroxylation sites is 1. The fourth-order valence-corrected chi connectivity index (χ4v) is 2.47. The van der Waals surface area contributed by atoms with Gasteiger partial charge in [-0.25, -0.2) is 4.98 Å². The molecule has 114 valence electrons. The molecule has 0 amide bonds. The predicted octanol–water partition coefficient (Wildman–Crippen LogP) is 5.20. The second-order valence-corrected chi connectivity index (χ2v) is 5.64. The van der Waals surface area contributed by atoms with E-state index in [1.54, 1.807) is 0 Å². The average molecular weight is 321 g/mol. The number of nitrogens with one attached hydrogen (secondary N) is 1. The zero-order chi connectivity index (χ0) is 16.1. The molecule has 3 heteroatoms. The van der Waals surface area contributed by atoms with Crippen LogP contribution >= 0.6 is 11.6 Å². The van der Waals surface area contributed by atoms with Gasteiger partial charge in [0.2, 0.25) is 0 Å². The van der Waals surface area contributed by atoms with Gasteiger partial charge in [0, 0.05) is 22.7 Å². The second-order valence-electron chi connectivity index (χ2n) is 5.23. The molecule has 1 heterocycles. The first-order valence-electron chi connectivity index (χ1n) is 7.42. The number of pyridine rings is 1. The van der Waals surface area contributed by atoms with E-state index < -0.39 is 0 Å². The van der Waals surface area contributed by atoms with E-state index >= 15 is 0 Å². The normalized spacial score (nSPS) is 11.0. The summed E-state index contributed by atoms with van der Waals surface area (Å²) in [5, 5.41) is 5.15. The van der Waals surface area contributed by atoms with Crippen molar-refractivity contribution < 1.29 is 0 Å². The molecule has 0 spiro atoms. The summed E-state index contributed by atoms with van der Waals surface area (Å²) in [7, 11) is 0. The molecule has 0 saturated heterocycles. The molecule has 0 bridgehead atoms. The van der Waals surface area contributed by atoms with E-state index in [1.165, 1.54) is 0 Å². The van der Waals surface area contributed by atoms with Crippen LogP contribution in [0, 0.1) is 0 Å². The van der Waals surface area contributed by atoms with Crippen molar-refractivity contribution >= 4 is 28.6 Å². The third-order valence-corrected chi connectivity index (χ3v) is 3.91. The van der Waals surface area contributed by atoms with Gasteiger partial charge >= 0.3 is 0 Å². The van der Waals surface area contributed by atoms with E-state index in [9.17, 15) is 0 Å². The molecule has 2 aromatic carbocycles. The van der Waals surface area contributed by atoms with Crippen LogP contribution in [0.5, 0.6) is 0 Å². The summed E-state index contributed by atoms with van der Waals surface area (Å²) in [6, 6.07) is 19.9. The summed E-state index contributed by atoms with van der Waals surface area (Å²) < 4.78 is 0. The van der Waals surface area contributed by atoms with Gasteiger partial charge in [-0.05, 0) is 35.9 Å². The Hall–Kier alpha value is -2.58. The lowest BCUT2D eigenvalue weighted by atomic mass is 10.2. The third-order valence-electron chi connectivity index (χ3n) is 3.54. The maximum Gasteiger partial charge on any atom is 0.0709 e. The third kappa shape index (κ3) is 3.99. The molecule has 23 heavy (non-hydrogen) atoms. The highest BCUT2D eigenvalue weighted by Crippen LogP contribution is 2.15. The quantitative estimate of drug-likeness (QED) is 0.653. The van der Waals surface area contributed by atoms with Gasteiger partial charge in [-0.1, -0.05) is 60.6 Å². The second kappa shape index (κ2) is 7.12. The van der Waals surface area contributed by atoms with Crippen LogP contribution in [0.4, 0.5) is 0 Å². The van der Waals surface area contributed by atoms with Crippen LogP contribution in [0.3, 0.4) is 0 Å². The Morgan fingerprint density at radius 2 is 1.83 bits per heavy atom. The van der Waals surface area contributed by atoms with Gasteiger partial charge in [0.25, 0.3) is 0 Å². The van der Waals surface area contributed by atoms with Gasteiger partial charge in [-0.15, -0.1) is 0 Å². The van der Waals surface area contributed by atoms with Crippen molar-refractivity contribution in [2.24, 2.45) is 0 Å². The summed E-state index contributed by atoms with van der Waals surface area (Å²) >= 11 is 6.14. The molecular weight excluding hydrogens is 304 g/mol. The molecule has 0 saturated carbocycles. The number of rotatable bonds is 5. The minimum atomic E-state index is 0.647.